The number of nitro groups is 1. The van der Waals surface area contributed by atoms with E-state index in [4.69, 9.17) is 0 Å². The van der Waals surface area contributed by atoms with Gasteiger partial charge in [-0.05, 0) is 37.3 Å². The Balaban J connectivity index is 1.98. The minimum atomic E-state index is -0.369. The molecule has 2 aromatic rings. The second-order valence-electron chi connectivity index (χ2n) is 5.62. The molecule has 0 amide bonds. The molecule has 3 rings (SSSR count). The number of non-ortho nitro benzene ring substituents is 1. The number of anilines is 1. The molecule has 5 heteroatoms. The smallest absolute Gasteiger partial charge is 0.270 e. The van der Waals surface area contributed by atoms with E-state index in [9.17, 15) is 10.1 Å². The summed E-state index contributed by atoms with van der Waals surface area (Å²) in [6.07, 6.45) is 1.26. The summed E-state index contributed by atoms with van der Waals surface area (Å²) in [6, 6.07) is 6.77. The maximum absolute atomic E-state index is 10.9. The van der Waals surface area contributed by atoms with Crippen molar-refractivity contribution in [2.24, 2.45) is 11.8 Å². The average molecular weight is 271 g/mol. The Bertz CT molecular complexity index is 684. The Morgan fingerprint density at radius 3 is 2.85 bits per heavy atom. The van der Waals surface area contributed by atoms with Crippen LogP contribution in [0.25, 0.3) is 10.9 Å². The molecule has 104 valence electrons. The number of hydrogen-bond acceptors (Lipinski definition) is 4. The van der Waals surface area contributed by atoms with Crippen molar-refractivity contribution in [3.8, 4) is 0 Å². The molecule has 0 radical (unpaired) electrons. The molecule has 5 nitrogen and oxygen atoms in total. The van der Waals surface area contributed by atoms with E-state index in [1.165, 1.54) is 12.5 Å². The van der Waals surface area contributed by atoms with Gasteiger partial charge in [0.15, 0.2) is 0 Å². The van der Waals surface area contributed by atoms with Gasteiger partial charge in [-0.2, -0.15) is 0 Å². The summed E-state index contributed by atoms with van der Waals surface area (Å²) in [4.78, 5) is 15.0. The molecule has 0 spiro atoms. The van der Waals surface area contributed by atoms with Crippen LogP contribution in [-0.2, 0) is 0 Å². The van der Waals surface area contributed by atoms with E-state index in [0.717, 1.165) is 40.7 Å². The quantitative estimate of drug-likeness (QED) is 0.682. The van der Waals surface area contributed by atoms with Gasteiger partial charge in [-0.1, -0.05) is 6.92 Å². The van der Waals surface area contributed by atoms with Crippen molar-refractivity contribution >= 4 is 22.3 Å². The number of nitro benzene ring substituents is 1. The SMILES string of the molecule is Cc1cc(NCC2CC2C)c2cc([N+](=O)[O-])ccc2n1. The predicted molar refractivity (Wildman–Crippen MR) is 78.9 cm³/mol. The molecule has 1 aliphatic carbocycles. The fraction of sp³-hybridized carbons (Fsp3) is 0.400. The van der Waals surface area contributed by atoms with Crippen LogP contribution >= 0.6 is 0 Å². The van der Waals surface area contributed by atoms with Crippen molar-refractivity contribution in [3.63, 3.8) is 0 Å². The van der Waals surface area contributed by atoms with Crippen LogP contribution in [0.15, 0.2) is 24.3 Å². The third kappa shape index (κ3) is 2.43. The minimum absolute atomic E-state index is 0.103. The van der Waals surface area contributed by atoms with Crippen LogP contribution in [0, 0.1) is 28.9 Å². The molecule has 0 bridgehead atoms. The maximum atomic E-state index is 10.9. The van der Waals surface area contributed by atoms with E-state index in [1.807, 2.05) is 13.0 Å². The standard InChI is InChI=1S/C15H17N3O2/c1-9-5-11(9)8-16-15-6-10(2)17-14-4-3-12(18(19)20)7-13(14)15/h3-4,6-7,9,11H,5,8H2,1-2H3,(H,16,17). The van der Waals surface area contributed by atoms with Crippen molar-refractivity contribution in [1.82, 2.24) is 4.98 Å². The average Bonchev–Trinajstić information content (AvgIpc) is 3.11. The summed E-state index contributed by atoms with van der Waals surface area (Å²) in [5.74, 6) is 1.50. The van der Waals surface area contributed by atoms with Crippen LogP contribution in [0.3, 0.4) is 0 Å². The zero-order valence-corrected chi connectivity index (χ0v) is 11.6. The molecule has 0 saturated heterocycles. The van der Waals surface area contributed by atoms with Crippen molar-refractivity contribution in [2.45, 2.75) is 20.3 Å². The van der Waals surface area contributed by atoms with E-state index in [-0.39, 0.29) is 10.6 Å². The first-order valence-electron chi connectivity index (χ1n) is 6.84. The van der Waals surface area contributed by atoms with Gasteiger partial charge in [0.05, 0.1) is 10.4 Å². The van der Waals surface area contributed by atoms with Gasteiger partial charge in [-0.25, -0.2) is 0 Å². The van der Waals surface area contributed by atoms with Crippen LogP contribution in [0.5, 0.6) is 0 Å². The Morgan fingerprint density at radius 1 is 1.45 bits per heavy atom. The van der Waals surface area contributed by atoms with E-state index >= 15 is 0 Å². The minimum Gasteiger partial charge on any atom is -0.384 e. The highest BCUT2D eigenvalue weighted by Crippen LogP contribution is 2.38. The number of fused-ring (bicyclic) bond motifs is 1. The third-order valence-electron chi connectivity index (χ3n) is 3.96. The largest absolute Gasteiger partial charge is 0.384 e. The highest BCUT2D eigenvalue weighted by molar-refractivity contribution is 5.93. The second-order valence-corrected chi connectivity index (χ2v) is 5.62. The van der Waals surface area contributed by atoms with Crippen molar-refractivity contribution in [3.05, 3.63) is 40.1 Å². The van der Waals surface area contributed by atoms with Gasteiger partial charge >= 0.3 is 0 Å². The lowest BCUT2D eigenvalue weighted by molar-refractivity contribution is -0.384. The van der Waals surface area contributed by atoms with Gasteiger partial charge < -0.3 is 5.32 Å². The zero-order chi connectivity index (χ0) is 14.3. The van der Waals surface area contributed by atoms with Crippen molar-refractivity contribution in [1.29, 1.82) is 0 Å². The summed E-state index contributed by atoms with van der Waals surface area (Å²) < 4.78 is 0. The molecule has 1 fully saturated rings. The Kier molecular flexibility index (Phi) is 3.04. The van der Waals surface area contributed by atoms with Crippen LogP contribution in [0.2, 0.25) is 0 Å². The van der Waals surface area contributed by atoms with Crippen LogP contribution in [-0.4, -0.2) is 16.5 Å². The van der Waals surface area contributed by atoms with Crippen LogP contribution in [0.1, 0.15) is 19.0 Å². The number of benzene rings is 1. The number of hydrogen-bond donors (Lipinski definition) is 1. The molecule has 1 aliphatic rings. The maximum Gasteiger partial charge on any atom is 0.270 e. The van der Waals surface area contributed by atoms with E-state index in [2.05, 4.69) is 17.2 Å². The number of rotatable bonds is 4. The predicted octanol–water partition coefficient (Wildman–Crippen LogP) is 3.52. The number of pyridine rings is 1. The van der Waals surface area contributed by atoms with Crippen LogP contribution in [0.4, 0.5) is 11.4 Å². The molecule has 2 unspecified atom stereocenters. The van der Waals surface area contributed by atoms with Gasteiger partial charge in [-0.15, -0.1) is 0 Å². The lowest BCUT2D eigenvalue weighted by Crippen LogP contribution is -2.05. The number of aromatic nitrogens is 1. The van der Waals surface area contributed by atoms with Gasteiger partial charge in [0.1, 0.15) is 0 Å². The molecule has 1 aromatic carbocycles. The monoisotopic (exact) mass is 271 g/mol. The summed E-state index contributed by atoms with van der Waals surface area (Å²) in [6.45, 7) is 5.10. The van der Waals surface area contributed by atoms with Gasteiger partial charge in [-0.3, -0.25) is 15.1 Å². The van der Waals surface area contributed by atoms with Crippen molar-refractivity contribution < 1.29 is 4.92 Å². The lowest BCUT2D eigenvalue weighted by atomic mass is 10.1. The number of aryl methyl sites for hydroxylation is 1. The Morgan fingerprint density at radius 2 is 2.20 bits per heavy atom. The molecule has 0 aliphatic heterocycles. The second kappa shape index (κ2) is 4.74. The molecule has 1 aromatic heterocycles. The normalized spacial score (nSPS) is 20.9. The topological polar surface area (TPSA) is 68.1 Å². The summed E-state index contributed by atoms with van der Waals surface area (Å²) in [7, 11) is 0. The highest BCUT2D eigenvalue weighted by Gasteiger charge is 2.32. The first kappa shape index (κ1) is 12.8. The fourth-order valence-electron chi connectivity index (χ4n) is 2.53. The molecule has 20 heavy (non-hydrogen) atoms. The molecule has 1 N–H and O–H groups in total. The molecular formula is C15H17N3O2. The van der Waals surface area contributed by atoms with Crippen molar-refractivity contribution in [2.75, 3.05) is 11.9 Å². The Labute approximate surface area is 117 Å². The zero-order valence-electron chi connectivity index (χ0n) is 11.6. The number of nitrogens with zero attached hydrogens (tertiary/aromatic N) is 2. The van der Waals surface area contributed by atoms with Gasteiger partial charge in [0.25, 0.3) is 5.69 Å². The molecule has 2 atom stereocenters. The molecule has 1 saturated carbocycles. The summed E-state index contributed by atoms with van der Waals surface area (Å²) in [5.41, 5.74) is 2.75. The van der Waals surface area contributed by atoms with E-state index in [0.29, 0.717) is 0 Å². The van der Waals surface area contributed by atoms with E-state index in [1.54, 1.807) is 12.1 Å². The van der Waals surface area contributed by atoms with Crippen LogP contribution < -0.4 is 5.32 Å². The third-order valence-corrected chi connectivity index (χ3v) is 3.96. The summed E-state index contributed by atoms with van der Waals surface area (Å²) in [5, 5.41) is 15.1. The molecule has 1 heterocycles. The van der Waals surface area contributed by atoms with Gasteiger partial charge in [0, 0.05) is 35.4 Å². The van der Waals surface area contributed by atoms with E-state index < -0.39 is 0 Å². The first-order valence-corrected chi connectivity index (χ1v) is 6.84. The molecular weight excluding hydrogens is 254 g/mol. The summed E-state index contributed by atoms with van der Waals surface area (Å²) >= 11 is 0. The highest BCUT2D eigenvalue weighted by atomic mass is 16.6. The lowest BCUT2D eigenvalue weighted by Gasteiger charge is -2.10. The Hall–Kier alpha value is -2.17. The first-order chi connectivity index (χ1) is 9.54. The number of nitrogens with one attached hydrogen (secondary N) is 1. The van der Waals surface area contributed by atoms with Gasteiger partial charge in [0.2, 0.25) is 0 Å². The fourth-order valence-corrected chi connectivity index (χ4v) is 2.53.